The van der Waals surface area contributed by atoms with Crippen LogP contribution >= 0.6 is 11.3 Å². The van der Waals surface area contributed by atoms with Crippen LogP contribution in [0.5, 0.6) is 0 Å². The average molecular weight is 148 g/mol. The van der Waals surface area contributed by atoms with Gasteiger partial charge in [-0.05, 0) is 17.5 Å². The smallest absolute Gasteiger partial charge is 0.0714 e. The van der Waals surface area contributed by atoms with E-state index in [9.17, 15) is 0 Å². The van der Waals surface area contributed by atoms with Gasteiger partial charge in [-0.3, -0.25) is 0 Å². The van der Waals surface area contributed by atoms with Crippen LogP contribution < -0.4 is 0 Å². The Morgan fingerprint density at radius 1 is 1.40 bits per heavy atom. The van der Waals surface area contributed by atoms with Gasteiger partial charge >= 0.3 is 0 Å². The van der Waals surface area contributed by atoms with Gasteiger partial charge in [-0.1, -0.05) is 6.07 Å². The van der Waals surface area contributed by atoms with Crippen LogP contribution in [0.1, 0.15) is 0 Å². The number of hydrogen-bond acceptors (Lipinski definition) is 1. The summed E-state index contributed by atoms with van der Waals surface area (Å²) in [5, 5.41) is 2.07. The molecule has 0 saturated carbocycles. The summed E-state index contributed by atoms with van der Waals surface area (Å²) < 4.78 is 0. The van der Waals surface area contributed by atoms with Gasteiger partial charge < -0.3 is 4.98 Å². The lowest BCUT2D eigenvalue weighted by Gasteiger charge is -1.84. The molecular formula is C8H6NS. The first kappa shape index (κ1) is 5.74. The Morgan fingerprint density at radius 2 is 2.40 bits per heavy atom. The van der Waals surface area contributed by atoms with Crippen LogP contribution in [0.15, 0.2) is 29.8 Å². The van der Waals surface area contributed by atoms with Crippen molar-refractivity contribution >= 4 is 11.3 Å². The molecule has 2 heterocycles. The molecule has 10 heavy (non-hydrogen) atoms. The highest BCUT2D eigenvalue weighted by molar-refractivity contribution is 7.13. The third-order valence-corrected chi connectivity index (χ3v) is 2.23. The number of H-pyrrole nitrogens is 1. The molecule has 2 rings (SSSR count). The zero-order valence-corrected chi connectivity index (χ0v) is 6.11. The number of hydrogen-bond donors (Lipinski definition) is 1. The van der Waals surface area contributed by atoms with Gasteiger partial charge in [0.25, 0.3) is 0 Å². The summed E-state index contributed by atoms with van der Waals surface area (Å²) in [6, 6.07) is 6.15. The molecule has 2 aromatic rings. The molecule has 0 aliphatic rings. The maximum Gasteiger partial charge on any atom is 0.0714 e. The summed E-state index contributed by atoms with van der Waals surface area (Å²) in [7, 11) is 0. The Bertz CT molecular complexity index is 249. The highest BCUT2D eigenvalue weighted by Crippen LogP contribution is 2.22. The molecule has 2 aromatic heterocycles. The monoisotopic (exact) mass is 148 g/mol. The van der Waals surface area contributed by atoms with E-state index in [2.05, 4.69) is 22.6 Å². The van der Waals surface area contributed by atoms with Gasteiger partial charge in [0.1, 0.15) is 0 Å². The van der Waals surface area contributed by atoms with Crippen molar-refractivity contribution in [3.05, 3.63) is 36.0 Å². The molecule has 0 unspecified atom stereocenters. The first-order valence-corrected chi connectivity index (χ1v) is 3.94. The zero-order chi connectivity index (χ0) is 6.81. The van der Waals surface area contributed by atoms with Crippen molar-refractivity contribution in [2.24, 2.45) is 0 Å². The van der Waals surface area contributed by atoms with E-state index in [4.69, 9.17) is 0 Å². The van der Waals surface area contributed by atoms with E-state index in [0.717, 1.165) is 5.56 Å². The maximum absolute atomic E-state index is 3.02. The Labute approximate surface area is 63.3 Å². The van der Waals surface area contributed by atoms with Crippen LogP contribution in [0, 0.1) is 6.20 Å². The summed E-state index contributed by atoms with van der Waals surface area (Å²) in [6.45, 7) is 0. The van der Waals surface area contributed by atoms with Crippen molar-refractivity contribution in [1.29, 1.82) is 0 Å². The van der Waals surface area contributed by atoms with Gasteiger partial charge in [0.05, 0.1) is 6.20 Å². The van der Waals surface area contributed by atoms with Gasteiger partial charge in [-0.15, -0.1) is 11.3 Å². The van der Waals surface area contributed by atoms with Gasteiger partial charge in [0.2, 0.25) is 0 Å². The summed E-state index contributed by atoms with van der Waals surface area (Å²) in [5.74, 6) is 0. The second-order valence-electron chi connectivity index (χ2n) is 1.99. The molecule has 0 amide bonds. The van der Waals surface area contributed by atoms with E-state index in [1.807, 2.05) is 18.3 Å². The lowest BCUT2D eigenvalue weighted by atomic mass is 10.3. The molecule has 1 N–H and O–H groups in total. The van der Waals surface area contributed by atoms with Gasteiger partial charge in [-0.2, -0.15) is 0 Å². The summed E-state index contributed by atoms with van der Waals surface area (Å²) in [4.78, 5) is 4.16. The average Bonchev–Trinajstić information content (AvgIpc) is 2.59. The van der Waals surface area contributed by atoms with Gasteiger partial charge in [-0.25, -0.2) is 0 Å². The van der Waals surface area contributed by atoms with Crippen molar-refractivity contribution in [1.82, 2.24) is 4.98 Å². The molecule has 0 saturated heterocycles. The van der Waals surface area contributed by atoms with Crippen molar-refractivity contribution < 1.29 is 0 Å². The highest BCUT2D eigenvalue weighted by Gasteiger charge is 1.96. The number of nitrogens with one attached hydrogen (secondary N) is 1. The van der Waals surface area contributed by atoms with Crippen LogP contribution in [0.3, 0.4) is 0 Å². The lowest BCUT2D eigenvalue weighted by molar-refractivity contribution is 1.40. The Hall–Kier alpha value is -1.02. The van der Waals surface area contributed by atoms with Gasteiger partial charge in [0, 0.05) is 16.6 Å². The molecule has 1 nitrogen and oxygen atoms in total. The number of aromatic amines is 1. The van der Waals surface area contributed by atoms with E-state index in [-0.39, 0.29) is 0 Å². The zero-order valence-electron chi connectivity index (χ0n) is 5.29. The minimum absolute atomic E-state index is 1.15. The predicted molar refractivity (Wildman–Crippen MR) is 42.9 cm³/mol. The third-order valence-electron chi connectivity index (χ3n) is 1.33. The largest absolute Gasteiger partial charge is 0.359 e. The molecule has 0 aliphatic carbocycles. The van der Waals surface area contributed by atoms with Crippen LogP contribution in [0.25, 0.3) is 10.4 Å². The molecular weight excluding hydrogens is 142 g/mol. The second kappa shape index (κ2) is 2.31. The topological polar surface area (TPSA) is 15.8 Å². The van der Waals surface area contributed by atoms with E-state index in [1.165, 1.54) is 4.88 Å². The summed E-state index contributed by atoms with van der Waals surface area (Å²) in [6.07, 6.45) is 4.91. The van der Waals surface area contributed by atoms with Crippen molar-refractivity contribution in [3.8, 4) is 10.4 Å². The normalized spacial score (nSPS) is 10.0. The fraction of sp³-hybridized carbons (Fsp3) is 0. The lowest BCUT2D eigenvalue weighted by Crippen LogP contribution is -1.60. The Balaban J connectivity index is 2.48. The third kappa shape index (κ3) is 0.866. The fourth-order valence-electron chi connectivity index (χ4n) is 0.862. The first-order valence-electron chi connectivity index (χ1n) is 3.06. The van der Waals surface area contributed by atoms with Crippen molar-refractivity contribution in [2.75, 3.05) is 0 Å². The maximum atomic E-state index is 3.02. The molecule has 0 fully saturated rings. The molecule has 0 spiro atoms. The van der Waals surface area contributed by atoms with Crippen LogP contribution in [0.4, 0.5) is 0 Å². The number of rotatable bonds is 1. The van der Waals surface area contributed by atoms with E-state index in [1.54, 1.807) is 11.3 Å². The highest BCUT2D eigenvalue weighted by atomic mass is 32.1. The number of thiophene rings is 1. The molecule has 0 aromatic carbocycles. The van der Waals surface area contributed by atoms with E-state index < -0.39 is 0 Å². The van der Waals surface area contributed by atoms with Crippen LogP contribution in [0.2, 0.25) is 0 Å². The van der Waals surface area contributed by atoms with Crippen LogP contribution in [-0.4, -0.2) is 4.98 Å². The molecule has 1 radical (unpaired) electrons. The van der Waals surface area contributed by atoms with E-state index >= 15 is 0 Å². The van der Waals surface area contributed by atoms with Crippen molar-refractivity contribution in [2.45, 2.75) is 0 Å². The predicted octanol–water partition coefficient (Wildman–Crippen LogP) is 2.54. The molecule has 2 heteroatoms. The summed E-state index contributed by atoms with van der Waals surface area (Å²) in [5.41, 5.74) is 1.15. The second-order valence-corrected chi connectivity index (χ2v) is 2.94. The van der Waals surface area contributed by atoms with E-state index in [0.29, 0.717) is 0 Å². The Morgan fingerprint density at radius 3 is 3.00 bits per heavy atom. The standard InChI is InChI=1S/C8H6NS/c1-2-8(10-5-1)7-3-4-9-6-7/h1-5,9H. The SMILES string of the molecule is [c]1[nH]ccc1-c1cccs1. The molecule has 0 bridgehead atoms. The Kier molecular flexibility index (Phi) is 1.32. The minimum atomic E-state index is 1.15. The summed E-state index contributed by atoms with van der Waals surface area (Å²) >= 11 is 1.73. The quantitative estimate of drug-likeness (QED) is 0.639. The van der Waals surface area contributed by atoms with Crippen molar-refractivity contribution in [3.63, 3.8) is 0 Å². The fourth-order valence-corrected chi connectivity index (χ4v) is 1.57. The molecule has 49 valence electrons. The van der Waals surface area contributed by atoms with Crippen LogP contribution in [-0.2, 0) is 0 Å². The number of aromatic nitrogens is 1. The molecule has 0 aliphatic heterocycles. The first-order chi connectivity index (χ1) is 4.97. The van der Waals surface area contributed by atoms with Gasteiger partial charge in [0.15, 0.2) is 0 Å². The molecule has 0 atom stereocenters. The minimum Gasteiger partial charge on any atom is -0.359 e.